The molecule has 0 aliphatic carbocycles. The van der Waals surface area contributed by atoms with E-state index in [1.807, 2.05) is 0 Å². The van der Waals surface area contributed by atoms with E-state index in [4.69, 9.17) is 16.0 Å². The predicted octanol–water partition coefficient (Wildman–Crippen LogP) is 3.49. The van der Waals surface area contributed by atoms with Crippen molar-refractivity contribution >= 4 is 40.1 Å². The van der Waals surface area contributed by atoms with Gasteiger partial charge in [0, 0.05) is 11.8 Å². The molecule has 7 heteroatoms. The quantitative estimate of drug-likeness (QED) is 0.725. The summed E-state index contributed by atoms with van der Waals surface area (Å²) in [5, 5.41) is 3.22. The molecule has 0 aliphatic heterocycles. The molecule has 0 unspecified atom stereocenters. The van der Waals surface area contributed by atoms with Crippen LogP contribution >= 0.6 is 11.6 Å². The van der Waals surface area contributed by atoms with Crippen molar-refractivity contribution in [2.75, 3.05) is 12.4 Å². The maximum atomic E-state index is 12.3. The van der Waals surface area contributed by atoms with E-state index in [-0.39, 0.29) is 16.7 Å². The molecule has 0 bridgehead atoms. The second kappa shape index (κ2) is 6.78. The molecule has 25 heavy (non-hydrogen) atoms. The maximum absolute atomic E-state index is 12.3. The van der Waals surface area contributed by atoms with Crippen LogP contribution in [-0.2, 0) is 4.74 Å². The van der Waals surface area contributed by atoms with Gasteiger partial charge in [0.15, 0.2) is 5.43 Å². The summed E-state index contributed by atoms with van der Waals surface area (Å²) in [6.07, 6.45) is 0. The number of hydrogen-bond donors (Lipinski definition) is 1. The van der Waals surface area contributed by atoms with Crippen LogP contribution in [0.2, 0.25) is 5.02 Å². The van der Waals surface area contributed by atoms with Crippen molar-refractivity contribution < 1.29 is 18.7 Å². The Labute approximate surface area is 147 Å². The Bertz CT molecular complexity index is 1040. The third kappa shape index (κ3) is 3.39. The zero-order valence-corrected chi connectivity index (χ0v) is 13.8. The Kier molecular flexibility index (Phi) is 4.54. The highest BCUT2D eigenvalue weighted by atomic mass is 35.5. The number of amides is 1. The molecule has 0 saturated carbocycles. The second-order valence-electron chi connectivity index (χ2n) is 5.11. The van der Waals surface area contributed by atoms with E-state index in [0.717, 1.165) is 6.07 Å². The minimum atomic E-state index is -0.741. The number of carbonyl (C=O) groups is 2. The molecular formula is C18H12ClNO5. The summed E-state index contributed by atoms with van der Waals surface area (Å²) in [5.74, 6) is -1.33. The average Bonchev–Trinajstić information content (AvgIpc) is 2.61. The maximum Gasteiger partial charge on any atom is 0.374 e. The van der Waals surface area contributed by atoms with Gasteiger partial charge in [-0.25, -0.2) is 4.79 Å². The fourth-order valence-corrected chi connectivity index (χ4v) is 2.50. The Hall–Kier alpha value is -3.12. The van der Waals surface area contributed by atoms with Crippen LogP contribution < -0.4 is 10.7 Å². The van der Waals surface area contributed by atoms with Gasteiger partial charge in [-0.2, -0.15) is 0 Å². The number of carbonyl (C=O) groups excluding carboxylic acids is 2. The first-order valence-electron chi connectivity index (χ1n) is 7.21. The van der Waals surface area contributed by atoms with Gasteiger partial charge in [-0.15, -0.1) is 0 Å². The molecule has 1 heterocycles. The molecule has 126 valence electrons. The summed E-state index contributed by atoms with van der Waals surface area (Å²) in [6.45, 7) is 0. The van der Waals surface area contributed by atoms with Gasteiger partial charge in [-0.05, 0) is 30.3 Å². The highest BCUT2D eigenvalue weighted by Crippen LogP contribution is 2.20. The minimum absolute atomic E-state index is 0.187. The van der Waals surface area contributed by atoms with Crippen LogP contribution in [0.15, 0.2) is 57.7 Å². The lowest BCUT2D eigenvalue weighted by Crippen LogP contribution is -2.13. The molecule has 1 aromatic heterocycles. The van der Waals surface area contributed by atoms with Gasteiger partial charge in [0.05, 0.1) is 23.1 Å². The summed E-state index contributed by atoms with van der Waals surface area (Å²) in [7, 11) is 1.19. The standard InChI is InChI=1S/C18H12ClNO5/c1-24-18(23)16-9-14(21)12-8-10(6-7-15(12)25-16)20-17(22)11-4-2-3-5-13(11)19/h2-9H,1H3,(H,20,22). The van der Waals surface area contributed by atoms with Crippen LogP contribution in [0.4, 0.5) is 5.69 Å². The Morgan fingerprint density at radius 3 is 2.60 bits per heavy atom. The number of fused-ring (bicyclic) bond motifs is 1. The van der Waals surface area contributed by atoms with Gasteiger partial charge in [0.1, 0.15) is 5.58 Å². The minimum Gasteiger partial charge on any atom is -0.463 e. The number of methoxy groups -OCH3 is 1. The molecule has 0 radical (unpaired) electrons. The molecule has 0 fully saturated rings. The van der Waals surface area contributed by atoms with Crippen LogP contribution in [-0.4, -0.2) is 19.0 Å². The summed E-state index contributed by atoms with van der Waals surface area (Å²) < 4.78 is 9.89. The van der Waals surface area contributed by atoms with Crippen LogP contribution in [0.25, 0.3) is 11.0 Å². The molecule has 0 atom stereocenters. The summed E-state index contributed by atoms with van der Waals surface area (Å²) in [4.78, 5) is 35.9. The molecule has 1 N–H and O–H groups in total. The highest BCUT2D eigenvalue weighted by Gasteiger charge is 2.14. The first-order chi connectivity index (χ1) is 12.0. The van der Waals surface area contributed by atoms with Gasteiger partial charge in [0.25, 0.3) is 5.91 Å². The molecule has 0 saturated heterocycles. The lowest BCUT2D eigenvalue weighted by molar-refractivity contribution is 0.0565. The van der Waals surface area contributed by atoms with Gasteiger partial charge in [-0.3, -0.25) is 9.59 Å². The van der Waals surface area contributed by atoms with Crippen LogP contribution in [0.5, 0.6) is 0 Å². The van der Waals surface area contributed by atoms with Gasteiger partial charge < -0.3 is 14.5 Å². The smallest absolute Gasteiger partial charge is 0.374 e. The predicted molar refractivity (Wildman–Crippen MR) is 93.2 cm³/mol. The zero-order valence-electron chi connectivity index (χ0n) is 13.0. The van der Waals surface area contributed by atoms with Crippen molar-refractivity contribution in [3.05, 3.63) is 75.1 Å². The van der Waals surface area contributed by atoms with Crippen molar-refractivity contribution in [3.8, 4) is 0 Å². The zero-order chi connectivity index (χ0) is 18.0. The van der Waals surface area contributed by atoms with E-state index >= 15 is 0 Å². The molecule has 2 aromatic carbocycles. The third-order valence-electron chi connectivity index (χ3n) is 3.49. The van der Waals surface area contributed by atoms with Crippen molar-refractivity contribution in [1.29, 1.82) is 0 Å². The number of hydrogen-bond acceptors (Lipinski definition) is 5. The highest BCUT2D eigenvalue weighted by molar-refractivity contribution is 6.34. The van der Waals surface area contributed by atoms with E-state index in [1.165, 1.54) is 19.2 Å². The number of esters is 1. The lowest BCUT2D eigenvalue weighted by Gasteiger charge is -2.08. The molecular weight excluding hydrogens is 346 g/mol. The fraction of sp³-hybridized carbons (Fsp3) is 0.0556. The summed E-state index contributed by atoms with van der Waals surface area (Å²) >= 11 is 6.00. The SMILES string of the molecule is COC(=O)c1cc(=O)c2cc(NC(=O)c3ccccc3Cl)ccc2o1. The van der Waals surface area contributed by atoms with Gasteiger partial charge in [0.2, 0.25) is 5.76 Å². The molecule has 0 spiro atoms. The topological polar surface area (TPSA) is 85.6 Å². The van der Waals surface area contributed by atoms with Crippen LogP contribution in [0.1, 0.15) is 20.9 Å². The second-order valence-corrected chi connectivity index (χ2v) is 5.52. The number of benzene rings is 2. The Balaban J connectivity index is 1.95. The largest absolute Gasteiger partial charge is 0.463 e. The van der Waals surface area contributed by atoms with Crippen molar-refractivity contribution in [2.24, 2.45) is 0 Å². The molecule has 3 rings (SSSR count). The monoisotopic (exact) mass is 357 g/mol. The van der Waals surface area contributed by atoms with Gasteiger partial charge in [-0.1, -0.05) is 23.7 Å². The number of halogens is 1. The van der Waals surface area contributed by atoms with Crippen molar-refractivity contribution in [3.63, 3.8) is 0 Å². The van der Waals surface area contributed by atoms with Crippen molar-refractivity contribution in [1.82, 2.24) is 0 Å². The molecule has 0 aliphatic rings. The normalized spacial score (nSPS) is 10.5. The average molecular weight is 358 g/mol. The Morgan fingerprint density at radius 1 is 1.12 bits per heavy atom. The molecule has 6 nitrogen and oxygen atoms in total. The first-order valence-corrected chi connectivity index (χ1v) is 7.59. The van der Waals surface area contributed by atoms with Crippen molar-refractivity contribution in [2.45, 2.75) is 0 Å². The van der Waals surface area contributed by atoms with Gasteiger partial charge >= 0.3 is 5.97 Å². The lowest BCUT2D eigenvalue weighted by atomic mass is 10.1. The molecule has 3 aromatic rings. The number of ether oxygens (including phenoxy) is 1. The van der Waals surface area contributed by atoms with E-state index in [9.17, 15) is 14.4 Å². The summed E-state index contributed by atoms with van der Waals surface area (Å²) in [6, 6.07) is 12.2. The van der Waals surface area contributed by atoms with Crippen LogP contribution in [0.3, 0.4) is 0 Å². The number of nitrogens with one attached hydrogen (secondary N) is 1. The van der Waals surface area contributed by atoms with E-state index in [1.54, 1.807) is 30.3 Å². The first kappa shape index (κ1) is 16.7. The summed E-state index contributed by atoms with van der Waals surface area (Å²) in [5.41, 5.74) is 0.506. The van der Waals surface area contributed by atoms with E-state index < -0.39 is 17.3 Å². The molecule has 1 amide bonds. The van der Waals surface area contributed by atoms with Crippen LogP contribution in [0, 0.1) is 0 Å². The Morgan fingerprint density at radius 2 is 1.88 bits per heavy atom. The number of rotatable bonds is 3. The fourth-order valence-electron chi connectivity index (χ4n) is 2.28. The number of anilines is 1. The van der Waals surface area contributed by atoms with E-state index in [0.29, 0.717) is 16.3 Å². The van der Waals surface area contributed by atoms with E-state index in [2.05, 4.69) is 10.1 Å². The third-order valence-corrected chi connectivity index (χ3v) is 3.82.